The number of nitrogens with one attached hydrogen (secondary N) is 1. The monoisotopic (exact) mass is 367 g/mol. The lowest BCUT2D eigenvalue weighted by Crippen LogP contribution is -2.44. The van der Waals surface area contributed by atoms with Gasteiger partial charge in [0.05, 0.1) is 15.1 Å². The number of carbonyl (C=O) groups excluding carboxylic acids is 1. The Morgan fingerprint density at radius 1 is 1.76 bits per heavy atom. The Balaban J connectivity index is 1.91. The molecule has 0 spiro atoms. The van der Waals surface area contributed by atoms with E-state index >= 15 is 0 Å². The first-order valence-electron chi connectivity index (χ1n) is 5.30. The number of ether oxygens (including phenoxy) is 2. The maximum Gasteiger partial charge on any atom is 0.252 e. The lowest BCUT2D eigenvalue weighted by atomic mass is 10.0. The molecule has 0 bridgehead atoms. The third kappa shape index (κ3) is 3.18. The summed E-state index contributed by atoms with van der Waals surface area (Å²) < 4.78 is 11.9. The van der Waals surface area contributed by atoms with Crippen molar-refractivity contribution in [2.24, 2.45) is 0 Å². The highest BCUT2D eigenvalue weighted by Crippen LogP contribution is 2.22. The summed E-state index contributed by atoms with van der Waals surface area (Å²) in [6.07, 6.45) is 0.824. The van der Waals surface area contributed by atoms with Crippen LogP contribution in [0.5, 0.6) is 0 Å². The highest BCUT2D eigenvalue weighted by molar-refractivity contribution is 14.1. The Hall–Kier alpha value is -0.180. The summed E-state index contributed by atoms with van der Waals surface area (Å²) in [5.41, 5.74) is 0.364. The van der Waals surface area contributed by atoms with E-state index in [4.69, 9.17) is 9.47 Å². The van der Waals surface area contributed by atoms with Crippen molar-refractivity contribution in [2.75, 3.05) is 26.9 Å². The van der Waals surface area contributed by atoms with Crippen molar-refractivity contribution in [3.63, 3.8) is 0 Å². The Morgan fingerprint density at radius 3 is 3.12 bits per heavy atom. The van der Waals surface area contributed by atoms with Gasteiger partial charge in [-0.25, -0.2) is 0 Å². The quantitative estimate of drug-likeness (QED) is 0.827. The molecule has 1 aromatic rings. The summed E-state index contributed by atoms with van der Waals surface area (Å²) in [4.78, 5) is 11.9. The number of methoxy groups -OCH3 is 1. The maximum atomic E-state index is 11.9. The van der Waals surface area contributed by atoms with Crippen molar-refractivity contribution in [1.29, 1.82) is 0 Å². The molecule has 6 heteroatoms. The summed E-state index contributed by atoms with van der Waals surface area (Å²) in [5, 5.41) is 4.77. The normalized spacial score (nSPS) is 23.9. The standard InChI is InChI=1S/C11H14INO3S/c1-15-11(2-3-16-7-11)6-13-10(14)8-4-9(12)17-5-8/h4-5H,2-3,6-7H2,1H3,(H,13,14). The van der Waals surface area contributed by atoms with Crippen molar-refractivity contribution in [3.8, 4) is 0 Å². The second kappa shape index (κ2) is 5.64. The molecule has 0 saturated carbocycles. The Morgan fingerprint density at radius 2 is 2.59 bits per heavy atom. The number of amides is 1. The summed E-state index contributed by atoms with van der Waals surface area (Å²) in [6.45, 7) is 1.74. The van der Waals surface area contributed by atoms with Gasteiger partial charge in [-0.1, -0.05) is 0 Å². The molecule has 94 valence electrons. The zero-order valence-electron chi connectivity index (χ0n) is 9.49. The molecule has 1 aliphatic heterocycles. The number of carbonyl (C=O) groups is 1. The van der Waals surface area contributed by atoms with Crippen molar-refractivity contribution in [1.82, 2.24) is 5.32 Å². The van der Waals surface area contributed by atoms with Gasteiger partial charge in [-0.3, -0.25) is 4.79 Å². The van der Waals surface area contributed by atoms with Gasteiger partial charge in [0.25, 0.3) is 5.91 Å². The van der Waals surface area contributed by atoms with E-state index in [2.05, 4.69) is 27.9 Å². The van der Waals surface area contributed by atoms with E-state index in [0.717, 1.165) is 9.30 Å². The molecule has 1 atom stereocenters. The van der Waals surface area contributed by atoms with E-state index in [0.29, 0.717) is 25.3 Å². The van der Waals surface area contributed by atoms with Crippen LogP contribution in [-0.2, 0) is 9.47 Å². The molecule has 0 aromatic carbocycles. The van der Waals surface area contributed by atoms with Crippen molar-refractivity contribution >= 4 is 39.8 Å². The van der Waals surface area contributed by atoms with Crippen LogP contribution in [0.1, 0.15) is 16.8 Å². The molecular formula is C11H14INO3S. The van der Waals surface area contributed by atoms with E-state index in [1.165, 1.54) is 0 Å². The molecule has 1 aromatic heterocycles. The average molecular weight is 367 g/mol. The summed E-state index contributed by atoms with van der Waals surface area (Å²) in [7, 11) is 1.66. The first-order valence-corrected chi connectivity index (χ1v) is 7.26. The largest absolute Gasteiger partial charge is 0.378 e. The van der Waals surface area contributed by atoms with Crippen LogP contribution in [0.25, 0.3) is 0 Å². The molecule has 0 radical (unpaired) electrons. The van der Waals surface area contributed by atoms with Crippen LogP contribution in [0.3, 0.4) is 0 Å². The molecule has 17 heavy (non-hydrogen) atoms. The molecule has 1 saturated heterocycles. The number of hydrogen-bond donors (Lipinski definition) is 1. The Bertz CT molecular complexity index is 401. The third-order valence-electron chi connectivity index (χ3n) is 2.90. The van der Waals surface area contributed by atoms with E-state index in [1.54, 1.807) is 18.4 Å². The highest BCUT2D eigenvalue weighted by atomic mass is 127. The van der Waals surface area contributed by atoms with Gasteiger partial charge in [-0.05, 0) is 28.7 Å². The van der Waals surface area contributed by atoms with Gasteiger partial charge in [-0.2, -0.15) is 0 Å². The third-order valence-corrected chi connectivity index (χ3v) is 4.69. The lowest BCUT2D eigenvalue weighted by Gasteiger charge is -2.25. The van der Waals surface area contributed by atoms with E-state index in [9.17, 15) is 4.79 Å². The Labute approximate surface area is 118 Å². The molecule has 1 N–H and O–H groups in total. The molecule has 1 aliphatic rings. The molecule has 2 heterocycles. The number of thiophene rings is 1. The second-order valence-electron chi connectivity index (χ2n) is 4.01. The zero-order valence-corrected chi connectivity index (χ0v) is 12.5. The van der Waals surface area contributed by atoms with Crippen molar-refractivity contribution in [3.05, 3.63) is 19.9 Å². The highest BCUT2D eigenvalue weighted by Gasteiger charge is 2.35. The van der Waals surface area contributed by atoms with Gasteiger partial charge in [-0.15, -0.1) is 11.3 Å². The van der Waals surface area contributed by atoms with Gasteiger partial charge < -0.3 is 14.8 Å². The topological polar surface area (TPSA) is 47.6 Å². The predicted molar refractivity (Wildman–Crippen MR) is 74.5 cm³/mol. The van der Waals surface area contributed by atoms with Crippen LogP contribution in [0.4, 0.5) is 0 Å². The molecule has 1 amide bonds. The second-order valence-corrected chi connectivity index (χ2v) is 6.82. The smallest absolute Gasteiger partial charge is 0.252 e. The summed E-state index contributed by atoms with van der Waals surface area (Å²) in [5.74, 6) is -0.0486. The van der Waals surface area contributed by atoms with Crippen LogP contribution < -0.4 is 5.32 Å². The van der Waals surface area contributed by atoms with E-state index < -0.39 is 0 Å². The fraction of sp³-hybridized carbons (Fsp3) is 0.545. The van der Waals surface area contributed by atoms with Crippen molar-refractivity contribution < 1.29 is 14.3 Å². The maximum absolute atomic E-state index is 11.9. The predicted octanol–water partition coefficient (Wildman–Crippen LogP) is 1.89. The summed E-state index contributed by atoms with van der Waals surface area (Å²) in [6, 6.07) is 1.88. The molecule has 4 nitrogen and oxygen atoms in total. The molecule has 1 fully saturated rings. The number of rotatable bonds is 4. The molecular weight excluding hydrogens is 353 g/mol. The Kier molecular flexibility index (Phi) is 4.40. The van der Waals surface area contributed by atoms with Gasteiger partial charge in [0.15, 0.2) is 0 Å². The van der Waals surface area contributed by atoms with Crippen LogP contribution in [0.2, 0.25) is 0 Å². The average Bonchev–Trinajstić information content (AvgIpc) is 2.95. The lowest BCUT2D eigenvalue weighted by molar-refractivity contribution is -0.0148. The van der Waals surface area contributed by atoms with E-state index in [1.807, 2.05) is 11.4 Å². The SMILES string of the molecule is COC1(CNC(=O)c2csc(I)c2)CCOC1. The zero-order chi connectivity index (χ0) is 12.3. The first kappa shape index (κ1) is 13.3. The molecule has 2 rings (SSSR count). The number of hydrogen-bond acceptors (Lipinski definition) is 4. The van der Waals surface area contributed by atoms with Crippen LogP contribution in [-0.4, -0.2) is 38.4 Å². The van der Waals surface area contributed by atoms with Gasteiger partial charge in [0.1, 0.15) is 5.60 Å². The van der Waals surface area contributed by atoms with Gasteiger partial charge in [0, 0.05) is 32.1 Å². The van der Waals surface area contributed by atoms with Crippen LogP contribution in [0, 0.1) is 2.88 Å². The van der Waals surface area contributed by atoms with E-state index in [-0.39, 0.29) is 11.5 Å². The summed E-state index contributed by atoms with van der Waals surface area (Å²) >= 11 is 3.77. The minimum Gasteiger partial charge on any atom is -0.378 e. The van der Waals surface area contributed by atoms with Gasteiger partial charge >= 0.3 is 0 Å². The van der Waals surface area contributed by atoms with Crippen LogP contribution in [0.15, 0.2) is 11.4 Å². The minimum absolute atomic E-state index is 0.0486. The van der Waals surface area contributed by atoms with Gasteiger partial charge in [0.2, 0.25) is 0 Å². The van der Waals surface area contributed by atoms with Crippen LogP contribution >= 0.6 is 33.9 Å². The molecule has 1 unspecified atom stereocenters. The first-order chi connectivity index (χ1) is 8.15. The molecule has 0 aliphatic carbocycles. The van der Waals surface area contributed by atoms with Crippen molar-refractivity contribution in [2.45, 2.75) is 12.0 Å². The fourth-order valence-electron chi connectivity index (χ4n) is 1.73. The minimum atomic E-state index is -0.348. The fourth-order valence-corrected chi connectivity index (χ4v) is 3.06. The number of halogens is 1.